The Labute approximate surface area is 226 Å². The van der Waals surface area contributed by atoms with Crippen molar-refractivity contribution in [2.75, 3.05) is 26.0 Å². The van der Waals surface area contributed by atoms with Crippen LogP contribution in [0.4, 0.5) is 10.1 Å². The molecule has 7 heteroatoms. The average molecular weight is 519 g/mol. The molecule has 5 rings (SSSR count). The van der Waals surface area contributed by atoms with Crippen LogP contribution in [0.5, 0.6) is 0 Å². The van der Waals surface area contributed by atoms with Crippen LogP contribution in [0.15, 0.2) is 85.3 Å². The Morgan fingerprint density at radius 2 is 1.90 bits per heavy atom. The van der Waals surface area contributed by atoms with Gasteiger partial charge in [0.15, 0.2) is 0 Å². The highest BCUT2D eigenvalue weighted by Crippen LogP contribution is 2.31. The second-order valence-corrected chi connectivity index (χ2v) is 9.87. The Morgan fingerprint density at radius 1 is 1.10 bits per heavy atom. The lowest BCUT2D eigenvalue weighted by atomic mass is 10.0. The molecule has 0 saturated carbocycles. The predicted molar refractivity (Wildman–Crippen MR) is 160 cm³/mol. The molecule has 2 aromatic carbocycles. The molecule has 6 nitrogen and oxygen atoms in total. The molecule has 0 spiro atoms. The molecule has 0 atom stereocenters. The first kappa shape index (κ1) is 25.9. The number of pyridine rings is 1. The van der Waals surface area contributed by atoms with Gasteiger partial charge in [-0.25, -0.2) is 4.39 Å². The fourth-order valence-corrected chi connectivity index (χ4v) is 4.56. The third-order valence-corrected chi connectivity index (χ3v) is 6.50. The van der Waals surface area contributed by atoms with Crippen molar-refractivity contribution in [3.63, 3.8) is 0 Å². The van der Waals surface area contributed by atoms with E-state index in [1.54, 1.807) is 18.3 Å². The summed E-state index contributed by atoms with van der Waals surface area (Å²) in [7, 11) is 4.01. The second kappa shape index (κ2) is 10.9. The highest BCUT2D eigenvalue weighted by molar-refractivity contribution is 5.98. The van der Waals surface area contributed by atoms with Gasteiger partial charge in [0, 0.05) is 34.6 Å². The zero-order valence-electron chi connectivity index (χ0n) is 22.3. The summed E-state index contributed by atoms with van der Waals surface area (Å²) >= 11 is 0. The highest BCUT2D eigenvalue weighted by atomic mass is 19.1. The number of hydrogen-bond donors (Lipinski definition) is 3. The van der Waals surface area contributed by atoms with E-state index < -0.39 is 0 Å². The number of fused-ring (bicyclic) bond motifs is 1. The number of rotatable bonds is 8. The quantitative estimate of drug-likeness (QED) is 0.252. The SMILES string of the molecule is C=C(CN(C)C)Nc1cncc(/C(C)=C/C=c2/[nH]nc(-c3cc4c(-c5ccc(F)cc5)cccc4[nH]3)c2=C)c1. The molecule has 0 aliphatic rings. The normalized spacial score (nSPS) is 12.4. The molecule has 0 aliphatic heterocycles. The summed E-state index contributed by atoms with van der Waals surface area (Å²) in [5.74, 6) is -0.251. The standard InChI is InChI=1S/C32H31FN6/c1-20(24-15-26(18-34-17-24)35-21(2)19-39(4)5)9-14-29-22(3)32(38-37-29)31-16-28-27(7-6-8-30(28)36-31)23-10-12-25(33)13-11-23/h6-18,35-37H,2-3,19H2,1,4-5H3/b20-9+,29-14+. The minimum Gasteiger partial charge on any atom is -0.357 e. The van der Waals surface area contributed by atoms with Gasteiger partial charge in [-0.3, -0.25) is 10.1 Å². The number of nitrogens with one attached hydrogen (secondary N) is 3. The van der Waals surface area contributed by atoms with Gasteiger partial charge in [-0.15, -0.1) is 0 Å². The van der Waals surface area contributed by atoms with Crippen molar-refractivity contribution in [3.8, 4) is 22.5 Å². The first-order valence-corrected chi connectivity index (χ1v) is 12.6. The first-order chi connectivity index (χ1) is 18.8. The molecule has 3 aromatic heterocycles. The van der Waals surface area contributed by atoms with E-state index in [0.29, 0.717) is 0 Å². The average Bonchev–Trinajstić information content (AvgIpc) is 3.50. The lowest BCUT2D eigenvalue weighted by molar-refractivity contribution is 0.447. The lowest BCUT2D eigenvalue weighted by Gasteiger charge is -2.14. The van der Waals surface area contributed by atoms with Crippen molar-refractivity contribution >= 4 is 34.8 Å². The van der Waals surface area contributed by atoms with Crippen LogP contribution in [0, 0.1) is 5.82 Å². The number of likely N-dealkylation sites (N-methyl/N-ethyl adjacent to an activating group) is 1. The van der Waals surface area contributed by atoms with E-state index in [9.17, 15) is 4.39 Å². The maximum absolute atomic E-state index is 13.5. The summed E-state index contributed by atoms with van der Waals surface area (Å²) in [6.45, 7) is 11.1. The van der Waals surface area contributed by atoms with Gasteiger partial charge in [0.05, 0.1) is 22.9 Å². The van der Waals surface area contributed by atoms with E-state index in [0.717, 1.165) is 73.1 Å². The number of halogens is 1. The van der Waals surface area contributed by atoms with Crippen LogP contribution >= 0.6 is 0 Å². The van der Waals surface area contributed by atoms with Gasteiger partial charge >= 0.3 is 0 Å². The van der Waals surface area contributed by atoms with Gasteiger partial charge < -0.3 is 15.2 Å². The molecular weight excluding hydrogens is 487 g/mol. The van der Waals surface area contributed by atoms with E-state index in [2.05, 4.69) is 55.7 Å². The van der Waals surface area contributed by atoms with Crippen LogP contribution in [0.25, 0.3) is 51.6 Å². The Kier molecular flexibility index (Phi) is 7.25. The minimum atomic E-state index is -0.251. The summed E-state index contributed by atoms with van der Waals surface area (Å²) in [5.41, 5.74) is 8.42. The van der Waals surface area contributed by atoms with E-state index in [1.165, 1.54) is 12.1 Å². The van der Waals surface area contributed by atoms with E-state index >= 15 is 0 Å². The number of nitrogens with zero attached hydrogens (tertiary/aromatic N) is 3. The largest absolute Gasteiger partial charge is 0.357 e. The Hall–Kier alpha value is -4.75. The zero-order valence-corrected chi connectivity index (χ0v) is 22.3. The fraction of sp³-hybridized carbons (Fsp3) is 0.125. The van der Waals surface area contributed by atoms with E-state index in [1.807, 2.05) is 57.6 Å². The molecule has 39 heavy (non-hydrogen) atoms. The number of hydrogen-bond acceptors (Lipinski definition) is 4. The molecule has 196 valence electrons. The fourth-order valence-electron chi connectivity index (χ4n) is 4.56. The zero-order chi connectivity index (χ0) is 27.5. The summed E-state index contributed by atoms with van der Waals surface area (Å²) in [6, 6.07) is 16.7. The Morgan fingerprint density at radius 3 is 2.67 bits per heavy atom. The summed E-state index contributed by atoms with van der Waals surface area (Å²) < 4.78 is 13.5. The summed E-state index contributed by atoms with van der Waals surface area (Å²) in [5, 5.41) is 13.6. The van der Waals surface area contributed by atoms with Crippen molar-refractivity contribution in [3.05, 3.63) is 107 Å². The molecule has 0 bridgehead atoms. The number of anilines is 1. The van der Waals surface area contributed by atoms with E-state index in [-0.39, 0.29) is 5.82 Å². The number of allylic oxidation sites excluding steroid dienone is 2. The van der Waals surface area contributed by atoms with Crippen LogP contribution in [0.1, 0.15) is 12.5 Å². The van der Waals surface area contributed by atoms with Crippen LogP contribution in [-0.2, 0) is 0 Å². The first-order valence-electron chi connectivity index (χ1n) is 12.6. The molecule has 0 fully saturated rings. The third-order valence-electron chi connectivity index (χ3n) is 6.50. The molecular formula is C32H31FN6. The second-order valence-electron chi connectivity index (χ2n) is 9.87. The summed E-state index contributed by atoms with van der Waals surface area (Å²) in [4.78, 5) is 9.90. The molecule has 3 heterocycles. The van der Waals surface area contributed by atoms with Gasteiger partial charge in [-0.1, -0.05) is 43.5 Å². The van der Waals surface area contributed by atoms with Crippen LogP contribution < -0.4 is 15.9 Å². The molecule has 3 N–H and O–H groups in total. The monoisotopic (exact) mass is 518 g/mol. The third kappa shape index (κ3) is 5.73. The van der Waals surface area contributed by atoms with Crippen LogP contribution in [0.2, 0.25) is 0 Å². The minimum absolute atomic E-state index is 0.251. The van der Waals surface area contributed by atoms with Gasteiger partial charge in [0.25, 0.3) is 0 Å². The Bertz CT molecular complexity index is 1790. The number of aromatic amines is 2. The molecule has 0 radical (unpaired) electrons. The van der Waals surface area contributed by atoms with Crippen LogP contribution in [-0.4, -0.2) is 45.7 Å². The predicted octanol–water partition coefficient (Wildman–Crippen LogP) is 5.54. The maximum atomic E-state index is 13.5. The molecule has 0 saturated heterocycles. The van der Waals surface area contributed by atoms with Crippen molar-refractivity contribution in [1.29, 1.82) is 0 Å². The highest BCUT2D eigenvalue weighted by Gasteiger charge is 2.11. The maximum Gasteiger partial charge on any atom is 0.123 e. The van der Waals surface area contributed by atoms with E-state index in [4.69, 9.17) is 0 Å². The number of benzene rings is 2. The van der Waals surface area contributed by atoms with Crippen molar-refractivity contribution < 1.29 is 4.39 Å². The molecule has 5 aromatic rings. The topological polar surface area (TPSA) is 72.6 Å². The number of aromatic nitrogens is 4. The molecule has 0 amide bonds. The molecule has 0 aliphatic carbocycles. The molecule has 0 unspecified atom stereocenters. The van der Waals surface area contributed by atoms with Gasteiger partial charge in [0.1, 0.15) is 11.5 Å². The van der Waals surface area contributed by atoms with Gasteiger partial charge in [-0.05, 0) is 79.7 Å². The van der Waals surface area contributed by atoms with Crippen molar-refractivity contribution in [2.24, 2.45) is 0 Å². The lowest BCUT2D eigenvalue weighted by Crippen LogP contribution is -2.21. The van der Waals surface area contributed by atoms with Crippen LogP contribution in [0.3, 0.4) is 0 Å². The van der Waals surface area contributed by atoms with Gasteiger partial charge in [-0.2, -0.15) is 5.10 Å². The van der Waals surface area contributed by atoms with Crippen molar-refractivity contribution in [2.45, 2.75) is 6.92 Å². The number of H-pyrrole nitrogens is 2. The Balaban J connectivity index is 1.42. The summed E-state index contributed by atoms with van der Waals surface area (Å²) in [6.07, 6.45) is 7.63. The van der Waals surface area contributed by atoms with Crippen molar-refractivity contribution in [1.82, 2.24) is 25.1 Å². The van der Waals surface area contributed by atoms with Gasteiger partial charge in [0.2, 0.25) is 0 Å². The smallest absolute Gasteiger partial charge is 0.123 e.